The van der Waals surface area contributed by atoms with Gasteiger partial charge in [-0.05, 0) is 82.1 Å². The van der Waals surface area contributed by atoms with E-state index in [1.54, 1.807) is 0 Å². The summed E-state index contributed by atoms with van der Waals surface area (Å²) in [5.41, 5.74) is 12.0. The van der Waals surface area contributed by atoms with Crippen LogP contribution < -0.4 is 0 Å². The van der Waals surface area contributed by atoms with E-state index >= 15 is 0 Å². The number of fused-ring (bicyclic) bond motifs is 3. The molecule has 0 aliphatic heterocycles. The molecule has 6 aromatic carbocycles. The van der Waals surface area contributed by atoms with Gasteiger partial charge in [0.15, 0.2) is 0 Å². The van der Waals surface area contributed by atoms with Crippen LogP contribution in [0.2, 0.25) is 0 Å². The van der Waals surface area contributed by atoms with Crippen molar-refractivity contribution in [1.29, 1.82) is 0 Å². The highest BCUT2D eigenvalue weighted by Crippen LogP contribution is 2.45. The number of aryl methyl sites for hydroxylation is 3. The van der Waals surface area contributed by atoms with Crippen molar-refractivity contribution in [2.75, 3.05) is 0 Å². The van der Waals surface area contributed by atoms with Crippen LogP contribution in [0.5, 0.6) is 0 Å². The van der Waals surface area contributed by atoms with E-state index in [4.69, 9.17) is 9.97 Å². The fourth-order valence-corrected chi connectivity index (χ4v) is 7.45. The molecule has 0 saturated carbocycles. The van der Waals surface area contributed by atoms with Crippen molar-refractivity contribution in [3.8, 4) is 22.3 Å². The molecule has 0 saturated heterocycles. The Labute approximate surface area is 244 Å². The van der Waals surface area contributed by atoms with Crippen LogP contribution in [0.1, 0.15) is 28.9 Å². The summed E-state index contributed by atoms with van der Waals surface area (Å²) in [5.74, 6) is 0. The standard InChI is InChI=1S/C40H28N2/c1-23-28-18-21-35(40-39(28)38-27(24(2)42-40)16-9-17-36(38)41-23)33-19-20-34(32-15-8-7-14-31(32)33)37-29-12-5-3-10-25(29)22-26-11-4-6-13-30(26)37/h3,5-10,12-22H,4,11H2,1-2H3. The van der Waals surface area contributed by atoms with Gasteiger partial charge in [-0.1, -0.05) is 103 Å². The molecule has 0 atom stereocenters. The molecule has 42 heavy (non-hydrogen) atoms. The molecule has 0 fully saturated rings. The first-order valence-electron chi connectivity index (χ1n) is 14.8. The normalized spacial score (nSPS) is 13.2. The number of hydrogen-bond donors (Lipinski definition) is 0. The fourth-order valence-electron chi connectivity index (χ4n) is 7.45. The van der Waals surface area contributed by atoms with Crippen molar-refractivity contribution >= 4 is 60.2 Å². The first-order valence-corrected chi connectivity index (χ1v) is 14.8. The third-order valence-electron chi connectivity index (χ3n) is 9.34. The first-order chi connectivity index (χ1) is 20.7. The van der Waals surface area contributed by atoms with Gasteiger partial charge in [-0.15, -0.1) is 0 Å². The third-order valence-corrected chi connectivity index (χ3v) is 9.34. The van der Waals surface area contributed by atoms with Gasteiger partial charge >= 0.3 is 0 Å². The van der Waals surface area contributed by atoms with Crippen LogP contribution in [-0.2, 0) is 6.42 Å². The summed E-state index contributed by atoms with van der Waals surface area (Å²) < 4.78 is 0. The lowest BCUT2D eigenvalue weighted by Gasteiger charge is -2.21. The molecular formula is C40H28N2. The molecule has 0 unspecified atom stereocenters. The molecule has 0 radical (unpaired) electrons. The van der Waals surface area contributed by atoms with E-state index in [0.717, 1.165) is 35.3 Å². The zero-order valence-electron chi connectivity index (χ0n) is 23.7. The molecule has 9 rings (SSSR count). The van der Waals surface area contributed by atoms with E-state index in [-0.39, 0.29) is 0 Å². The smallest absolute Gasteiger partial charge is 0.0797 e. The van der Waals surface area contributed by atoms with Crippen molar-refractivity contribution in [3.05, 3.63) is 126 Å². The summed E-state index contributed by atoms with van der Waals surface area (Å²) in [5, 5.41) is 9.95. The second-order valence-corrected chi connectivity index (χ2v) is 11.7. The van der Waals surface area contributed by atoms with Crippen LogP contribution in [0.15, 0.2) is 103 Å². The zero-order valence-corrected chi connectivity index (χ0v) is 23.7. The van der Waals surface area contributed by atoms with E-state index in [2.05, 4.69) is 123 Å². The summed E-state index contributed by atoms with van der Waals surface area (Å²) in [4.78, 5) is 10.2. The van der Waals surface area contributed by atoms with Gasteiger partial charge in [-0.2, -0.15) is 0 Å². The fraction of sp³-hybridized carbons (Fsp3) is 0.100. The number of nitrogens with zero attached hydrogens (tertiary/aromatic N) is 2. The Bertz CT molecular complexity index is 2430. The van der Waals surface area contributed by atoms with E-state index in [1.807, 2.05) is 0 Å². The maximum Gasteiger partial charge on any atom is 0.0797 e. The van der Waals surface area contributed by atoms with Crippen LogP contribution in [0.25, 0.3) is 82.5 Å². The average molecular weight is 537 g/mol. The first kappa shape index (κ1) is 23.6. The number of pyridine rings is 2. The molecule has 1 aliphatic rings. The molecular weight excluding hydrogens is 508 g/mol. The molecule has 0 N–H and O–H groups in total. The van der Waals surface area contributed by atoms with Crippen molar-refractivity contribution < 1.29 is 0 Å². The van der Waals surface area contributed by atoms with Gasteiger partial charge in [0.25, 0.3) is 0 Å². The SMILES string of the molecule is Cc1nc2c(-c3ccc(-c4c5c(cc6ccccc46)CCC=C5)c4ccccc34)ccc3c(C)nc4cccc1c4c32. The molecule has 198 valence electrons. The van der Waals surface area contributed by atoms with Gasteiger partial charge in [-0.25, -0.2) is 0 Å². The van der Waals surface area contributed by atoms with Gasteiger partial charge in [0.2, 0.25) is 0 Å². The summed E-state index contributed by atoms with van der Waals surface area (Å²) in [6.07, 6.45) is 6.85. The third kappa shape index (κ3) is 3.21. The number of allylic oxidation sites excluding steroid dienone is 1. The Morgan fingerprint density at radius 1 is 0.571 bits per heavy atom. The van der Waals surface area contributed by atoms with Crippen LogP contribution in [0.3, 0.4) is 0 Å². The highest BCUT2D eigenvalue weighted by atomic mass is 14.7. The second-order valence-electron chi connectivity index (χ2n) is 11.7. The maximum absolute atomic E-state index is 5.27. The number of rotatable bonds is 2. The Hall–Kier alpha value is -5.08. The molecule has 8 aromatic rings. The van der Waals surface area contributed by atoms with Gasteiger partial charge in [-0.3, -0.25) is 9.97 Å². The molecule has 1 aliphatic carbocycles. The molecule has 0 spiro atoms. The Morgan fingerprint density at radius 3 is 2.14 bits per heavy atom. The summed E-state index contributed by atoms with van der Waals surface area (Å²) >= 11 is 0. The van der Waals surface area contributed by atoms with Gasteiger partial charge in [0, 0.05) is 38.5 Å². The van der Waals surface area contributed by atoms with Crippen molar-refractivity contribution in [2.45, 2.75) is 26.7 Å². The largest absolute Gasteiger partial charge is 0.252 e. The second kappa shape index (κ2) is 8.71. The van der Waals surface area contributed by atoms with Gasteiger partial charge < -0.3 is 0 Å². The van der Waals surface area contributed by atoms with Crippen molar-refractivity contribution in [1.82, 2.24) is 9.97 Å². The highest BCUT2D eigenvalue weighted by Gasteiger charge is 2.21. The molecule has 2 aromatic heterocycles. The van der Waals surface area contributed by atoms with Crippen LogP contribution in [0.4, 0.5) is 0 Å². The number of aromatic nitrogens is 2. The monoisotopic (exact) mass is 536 g/mol. The van der Waals surface area contributed by atoms with E-state index < -0.39 is 0 Å². The van der Waals surface area contributed by atoms with Crippen LogP contribution in [-0.4, -0.2) is 9.97 Å². The number of hydrogen-bond acceptors (Lipinski definition) is 2. The van der Waals surface area contributed by atoms with E-state index in [1.165, 1.54) is 76.5 Å². The van der Waals surface area contributed by atoms with Crippen LogP contribution >= 0.6 is 0 Å². The summed E-state index contributed by atoms with van der Waals surface area (Å²) in [6.45, 7) is 4.23. The molecule has 2 nitrogen and oxygen atoms in total. The zero-order chi connectivity index (χ0) is 27.9. The Kier molecular flexibility index (Phi) is 4.90. The van der Waals surface area contributed by atoms with E-state index in [9.17, 15) is 0 Å². The molecule has 0 bridgehead atoms. The summed E-state index contributed by atoms with van der Waals surface area (Å²) in [6, 6.07) is 35.7. The minimum absolute atomic E-state index is 1.04. The Morgan fingerprint density at radius 2 is 1.26 bits per heavy atom. The summed E-state index contributed by atoms with van der Waals surface area (Å²) in [7, 11) is 0. The van der Waals surface area contributed by atoms with E-state index in [0.29, 0.717) is 0 Å². The predicted octanol–water partition coefficient (Wildman–Crippen LogP) is 10.6. The lowest BCUT2D eigenvalue weighted by Crippen LogP contribution is -1.99. The lowest BCUT2D eigenvalue weighted by molar-refractivity contribution is 0.989. The minimum atomic E-state index is 1.04. The molecule has 0 amide bonds. The van der Waals surface area contributed by atoms with Crippen LogP contribution in [0, 0.1) is 13.8 Å². The van der Waals surface area contributed by atoms with Crippen molar-refractivity contribution in [2.24, 2.45) is 0 Å². The number of benzene rings is 6. The quantitative estimate of drug-likeness (QED) is 0.205. The maximum atomic E-state index is 5.27. The van der Waals surface area contributed by atoms with Crippen molar-refractivity contribution in [3.63, 3.8) is 0 Å². The molecule has 2 heteroatoms. The topological polar surface area (TPSA) is 25.8 Å². The van der Waals surface area contributed by atoms with Gasteiger partial charge in [0.05, 0.1) is 11.0 Å². The lowest BCUT2D eigenvalue weighted by atomic mass is 9.83. The Balaban J connectivity index is 1.38. The molecule has 2 heterocycles. The predicted molar refractivity (Wildman–Crippen MR) is 178 cm³/mol. The highest BCUT2D eigenvalue weighted by molar-refractivity contribution is 6.25. The minimum Gasteiger partial charge on any atom is -0.252 e. The average Bonchev–Trinajstić information content (AvgIpc) is 3.03. The van der Waals surface area contributed by atoms with Gasteiger partial charge in [0.1, 0.15) is 0 Å².